The summed E-state index contributed by atoms with van der Waals surface area (Å²) < 4.78 is 0. The third kappa shape index (κ3) is 2.81. The highest BCUT2D eigenvalue weighted by Crippen LogP contribution is 2.01. The number of aliphatic imine (C=N–C) groups is 2. The smallest absolute Gasteiger partial charge is 0.220 e. The molecule has 1 fully saturated rings. The third-order valence-corrected chi connectivity index (χ3v) is 2.23. The van der Waals surface area contributed by atoms with Gasteiger partial charge in [-0.3, -0.25) is 4.99 Å². The van der Waals surface area contributed by atoms with Gasteiger partial charge in [-0.1, -0.05) is 0 Å². The minimum atomic E-state index is 0.857. The van der Waals surface area contributed by atoms with E-state index in [9.17, 15) is 0 Å². The van der Waals surface area contributed by atoms with E-state index < -0.39 is 0 Å². The number of hydrogen-bond acceptors (Lipinski definition) is 2. The summed E-state index contributed by atoms with van der Waals surface area (Å²) in [6, 6.07) is 0. The summed E-state index contributed by atoms with van der Waals surface area (Å²) in [7, 11) is 3.93. The molecule has 0 atom stereocenters. The molecular formula is C9H18N4. The van der Waals surface area contributed by atoms with Crippen LogP contribution in [-0.4, -0.2) is 62.2 Å². The van der Waals surface area contributed by atoms with Crippen molar-refractivity contribution in [3.8, 4) is 0 Å². The molecule has 1 rings (SSSR count). The van der Waals surface area contributed by atoms with Crippen LogP contribution in [0.1, 0.15) is 6.92 Å². The van der Waals surface area contributed by atoms with Gasteiger partial charge in [-0.2, -0.15) is 0 Å². The molecule has 4 nitrogen and oxygen atoms in total. The van der Waals surface area contributed by atoms with E-state index in [1.165, 1.54) is 0 Å². The van der Waals surface area contributed by atoms with Crippen LogP contribution in [0.5, 0.6) is 0 Å². The Morgan fingerprint density at radius 2 is 1.85 bits per heavy atom. The third-order valence-electron chi connectivity index (χ3n) is 2.23. The number of likely N-dealkylation sites (N-methyl/N-ethyl adjacent to an activating group) is 1. The summed E-state index contributed by atoms with van der Waals surface area (Å²) in [4.78, 5) is 12.9. The van der Waals surface area contributed by atoms with E-state index in [0.717, 1.165) is 32.1 Å². The first-order chi connectivity index (χ1) is 6.27. The minimum absolute atomic E-state index is 0.857. The average molecular weight is 182 g/mol. The second-order valence-electron chi connectivity index (χ2n) is 3.20. The van der Waals surface area contributed by atoms with E-state index in [1.807, 2.05) is 6.92 Å². The van der Waals surface area contributed by atoms with Crippen LogP contribution in [0.25, 0.3) is 0 Å². The molecule has 74 valence electrons. The van der Waals surface area contributed by atoms with E-state index in [1.54, 1.807) is 13.3 Å². The Hall–Kier alpha value is -0.900. The molecule has 1 aliphatic heterocycles. The maximum absolute atomic E-state index is 4.22. The molecule has 13 heavy (non-hydrogen) atoms. The lowest BCUT2D eigenvalue weighted by atomic mass is 10.3. The summed E-state index contributed by atoms with van der Waals surface area (Å²) >= 11 is 0. The topological polar surface area (TPSA) is 31.2 Å². The van der Waals surface area contributed by atoms with Crippen molar-refractivity contribution in [1.82, 2.24) is 9.80 Å². The minimum Gasteiger partial charge on any atom is -0.339 e. The molecule has 1 heterocycles. The molecule has 0 aliphatic carbocycles. The number of guanidine groups is 1. The highest BCUT2D eigenvalue weighted by molar-refractivity contribution is 5.87. The monoisotopic (exact) mass is 182 g/mol. The second-order valence-corrected chi connectivity index (χ2v) is 3.20. The maximum Gasteiger partial charge on any atom is 0.220 e. The zero-order valence-corrected chi connectivity index (χ0v) is 8.69. The van der Waals surface area contributed by atoms with E-state index in [4.69, 9.17) is 0 Å². The lowest BCUT2D eigenvalue weighted by Crippen LogP contribution is -2.46. The molecule has 0 radical (unpaired) electrons. The van der Waals surface area contributed by atoms with Gasteiger partial charge in [0.05, 0.1) is 0 Å². The number of piperazine rings is 1. The van der Waals surface area contributed by atoms with E-state index in [2.05, 4.69) is 26.8 Å². The SMILES string of the molecule is CC=NC(=NC)N1CCN(C)CC1. The number of rotatable bonds is 0. The van der Waals surface area contributed by atoms with Crippen LogP contribution in [0.4, 0.5) is 0 Å². The molecule has 0 aromatic rings. The molecule has 0 N–H and O–H groups in total. The number of nitrogens with zero attached hydrogens (tertiary/aromatic N) is 4. The highest BCUT2D eigenvalue weighted by Gasteiger charge is 2.15. The van der Waals surface area contributed by atoms with Crippen molar-refractivity contribution in [3.63, 3.8) is 0 Å². The molecule has 0 unspecified atom stereocenters. The molecule has 0 spiro atoms. The normalized spacial score (nSPS) is 21.5. The van der Waals surface area contributed by atoms with Crippen molar-refractivity contribution in [2.75, 3.05) is 40.3 Å². The van der Waals surface area contributed by atoms with E-state index in [-0.39, 0.29) is 0 Å². The fourth-order valence-electron chi connectivity index (χ4n) is 1.40. The van der Waals surface area contributed by atoms with Crippen LogP contribution in [0, 0.1) is 0 Å². The van der Waals surface area contributed by atoms with Gasteiger partial charge in [0, 0.05) is 39.4 Å². The largest absolute Gasteiger partial charge is 0.339 e. The second kappa shape index (κ2) is 4.97. The van der Waals surface area contributed by atoms with Crippen LogP contribution in [0.3, 0.4) is 0 Å². The van der Waals surface area contributed by atoms with Crippen LogP contribution >= 0.6 is 0 Å². The lowest BCUT2D eigenvalue weighted by Gasteiger charge is -2.32. The Labute approximate surface area is 80.0 Å². The highest BCUT2D eigenvalue weighted by atomic mass is 15.3. The van der Waals surface area contributed by atoms with Gasteiger partial charge in [-0.15, -0.1) is 0 Å². The zero-order chi connectivity index (χ0) is 9.68. The van der Waals surface area contributed by atoms with Gasteiger partial charge in [0.1, 0.15) is 0 Å². The van der Waals surface area contributed by atoms with Crippen molar-refractivity contribution in [1.29, 1.82) is 0 Å². The molecule has 0 aromatic heterocycles. The standard InChI is InChI=1S/C9H18N4/c1-4-11-9(10-2)13-7-5-12(3)6-8-13/h4H,5-8H2,1-3H3. The Bertz CT molecular complexity index is 202. The summed E-state index contributed by atoms with van der Waals surface area (Å²) in [5.41, 5.74) is 0. The van der Waals surface area contributed by atoms with Crippen LogP contribution in [0.2, 0.25) is 0 Å². The first kappa shape index (κ1) is 10.2. The summed E-state index contributed by atoms with van der Waals surface area (Å²) in [5, 5.41) is 0. The van der Waals surface area contributed by atoms with Gasteiger partial charge in [-0.05, 0) is 14.0 Å². The molecule has 1 saturated heterocycles. The Kier molecular flexibility index (Phi) is 3.89. The van der Waals surface area contributed by atoms with Gasteiger partial charge in [-0.25, -0.2) is 4.99 Å². The Morgan fingerprint density at radius 1 is 1.23 bits per heavy atom. The Balaban J connectivity index is 2.52. The van der Waals surface area contributed by atoms with Crippen molar-refractivity contribution < 1.29 is 0 Å². The number of hydrogen-bond donors (Lipinski definition) is 0. The quantitative estimate of drug-likeness (QED) is 0.399. The predicted molar refractivity (Wildman–Crippen MR) is 56.6 cm³/mol. The molecule has 0 saturated carbocycles. The molecule has 1 aliphatic rings. The molecule has 0 bridgehead atoms. The first-order valence-corrected chi connectivity index (χ1v) is 4.67. The molecule has 0 aromatic carbocycles. The fraction of sp³-hybridized carbons (Fsp3) is 0.778. The van der Waals surface area contributed by atoms with Crippen molar-refractivity contribution in [3.05, 3.63) is 0 Å². The van der Waals surface area contributed by atoms with E-state index in [0.29, 0.717) is 0 Å². The maximum atomic E-state index is 4.22. The van der Waals surface area contributed by atoms with Crippen molar-refractivity contribution in [2.45, 2.75) is 6.92 Å². The lowest BCUT2D eigenvalue weighted by molar-refractivity contribution is 0.214. The Morgan fingerprint density at radius 3 is 2.31 bits per heavy atom. The van der Waals surface area contributed by atoms with E-state index >= 15 is 0 Å². The van der Waals surface area contributed by atoms with Gasteiger partial charge in [0.15, 0.2) is 0 Å². The average Bonchev–Trinajstić information content (AvgIpc) is 2.16. The van der Waals surface area contributed by atoms with Gasteiger partial charge in [0.25, 0.3) is 0 Å². The van der Waals surface area contributed by atoms with Crippen molar-refractivity contribution in [2.24, 2.45) is 9.98 Å². The van der Waals surface area contributed by atoms with Crippen LogP contribution in [0.15, 0.2) is 9.98 Å². The molecule has 4 heteroatoms. The van der Waals surface area contributed by atoms with Crippen LogP contribution < -0.4 is 0 Å². The van der Waals surface area contributed by atoms with Gasteiger partial charge >= 0.3 is 0 Å². The predicted octanol–water partition coefficient (Wildman–Crippen LogP) is 0.310. The summed E-state index contributed by atoms with van der Waals surface area (Å²) in [5.74, 6) is 0.857. The first-order valence-electron chi connectivity index (χ1n) is 4.67. The molecule has 0 amide bonds. The zero-order valence-electron chi connectivity index (χ0n) is 8.69. The summed E-state index contributed by atoms with van der Waals surface area (Å²) in [6.07, 6.45) is 1.79. The fourth-order valence-corrected chi connectivity index (χ4v) is 1.40. The van der Waals surface area contributed by atoms with Crippen LogP contribution in [-0.2, 0) is 0 Å². The van der Waals surface area contributed by atoms with Crippen molar-refractivity contribution >= 4 is 12.2 Å². The molecular weight excluding hydrogens is 164 g/mol. The van der Waals surface area contributed by atoms with Gasteiger partial charge in [0.2, 0.25) is 5.96 Å². The van der Waals surface area contributed by atoms with Gasteiger partial charge < -0.3 is 9.80 Å². The summed E-state index contributed by atoms with van der Waals surface area (Å²) in [6.45, 7) is 6.17.